The molecule has 2 aromatic carbocycles. The largest absolute Gasteiger partial charge is 0.494 e. The fourth-order valence-electron chi connectivity index (χ4n) is 2.74. The fourth-order valence-corrected chi connectivity index (χ4v) is 2.96. The average Bonchev–Trinajstić information content (AvgIpc) is 2.75. The molecule has 0 atom stereocenters. The molecular formula is C20H23BClFO3. The molecule has 0 saturated carbocycles. The third-order valence-electron chi connectivity index (χ3n) is 5.12. The van der Waals surface area contributed by atoms with Crippen LogP contribution < -0.4 is 10.2 Å². The van der Waals surface area contributed by atoms with Gasteiger partial charge in [-0.1, -0.05) is 23.7 Å². The van der Waals surface area contributed by atoms with E-state index in [4.69, 9.17) is 25.6 Å². The third-order valence-corrected chi connectivity index (χ3v) is 5.36. The Morgan fingerprint density at radius 2 is 1.69 bits per heavy atom. The average molecular weight is 377 g/mol. The molecule has 0 unspecified atom stereocenters. The minimum atomic E-state index is -0.581. The molecule has 0 aliphatic carbocycles. The number of ether oxygens (including phenoxy) is 1. The maximum Gasteiger partial charge on any atom is 0.494 e. The highest BCUT2D eigenvalue weighted by atomic mass is 35.5. The monoisotopic (exact) mass is 376 g/mol. The summed E-state index contributed by atoms with van der Waals surface area (Å²) in [7, 11) is -0.581. The first-order valence-corrected chi connectivity index (χ1v) is 9.00. The summed E-state index contributed by atoms with van der Waals surface area (Å²) in [6, 6.07) is 10.3. The quantitative estimate of drug-likeness (QED) is 0.726. The predicted molar refractivity (Wildman–Crippen MR) is 103 cm³/mol. The van der Waals surface area contributed by atoms with Gasteiger partial charge in [-0.25, -0.2) is 4.39 Å². The van der Waals surface area contributed by atoms with Gasteiger partial charge in [0, 0.05) is 10.6 Å². The summed E-state index contributed by atoms with van der Waals surface area (Å²) in [5, 5.41) is 0.646. The minimum Gasteiger partial charge on any atom is -0.489 e. The van der Waals surface area contributed by atoms with Crippen LogP contribution in [0.15, 0.2) is 36.4 Å². The van der Waals surface area contributed by atoms with E-state index >= 15 is 0 Å². The van der Waals surface area contributed by atoms with E-state index in [1.165, 1.54) is 6.07 Å². The van der Waals surface area contributed by atoms with Gasteiger partial charge in [0.05, 0.1) is 11.2 Å². The van der Waals surface area contributed by atoms with E-state index in [0.717, 1.165) is 5.56 Å². The molecule has 3 rings (SSSR count). The van der Waals surface area contributed by atoms with Crippen molar-refractivity contribution >= 4 is 24.2 Å². The molecule has 0 N–H and O–H groups in total. The van der Waals surface area contributed by atoms with Gasteiger partial charge in [0.1, 0.15) is 18.2 Å². The predicted octanol–water partition coefficient (Wildman–Crippen LogP) is 4.67. The van der Waals surface area contributed by atoms with Crippen molar-refractivity contribution in [3.63, 3.8) is 0 Å². The Bertz CT molecular complexity index is 807. The van der Waals surface area contributed by atoms with Crippen LogP contribution in [0.3, 0.4) is 0 Å². The molecular weight excluding hydrogens is 353 g/mol. The third kappa shape index (κ3) is 3.75. The molecule has 1 fully saturated rings. The van der Waals surface area contributed by atoms with Crippen molar-refractivity contribution in [2.24, 2.45) is 0 Å². The van der Waals surface area contributed by atoms with Crippen LogP contribution in [0.4, 0.5) is 4.39 Å². The van der Waals surface area contributed by atoms with Crippen LogP contribution >= 0.6 is 11.6 Å². The van der Waals surface area contributed by atoms with Crippen molar-refractivity contribution in [2.75, 3.05) is 0 Å². The van der Waals surface area contributed by atoms with Gasteiger partial charge >= 0.3 is 7.12 Å². The van der Waals surface area contributed by atoms with Crippen molar-refractivity contribution in [1.82, 2.24) is 0 Å². The zero-order valence-corrected chi connectivity index (χ0v) is 16.5. The second-order valence-corrected chi connectivity index (χ2v) is 8.07. The normalized spacial score (nSPS) is 18.2. The van der Waals surface area contributed by atoms with E-state index in [1.54, 1.807) is 18.2 Å². The number of halogens is 2. The summed E-state index contributed by atoms with van der Waals surface area (Å²) in [5.74, 6) is 0.340. The maximum absolute atomic E-state index is 14.5. The second kappa shape index (κ2) is 6.88. The molecule has 0 amide bonds. The molecule has 3 nitrogen and oxygen atoms in total. The van der Waals surface area contributed by atoms with E-state index in [0.29, 0.717) is 21.8 Å². The van der Waals surface area contributed by atoms with Gasteiger partial charge in [-0.2, -0.15) is 0 Å². The van der Waals surface area contributed by atoms with E-state index in [-0.39, 0.29) is 12.4 Å². The summed E-state index contributed by atoms with van der Waals surface area (Å²) >= 11 is 5.94. The fraction of sp³-hybridized carbons (Fsp3) is 0.400. The Balaban J connectivity index is 1.72. The SMILES string of the molecule is Cc1cc(Cl)ccc1OCc1ccc(B2OC(C)(C)C(C)(C)O2)cc1F. The lowest BCUT2D eigenvalue weighted by molar-refractivity contribution is 0.00578. The van der Waals surface area contributed by atoms with Crippen LogP contribution in [0.2, 0.25) is 5.02 Å². The Hall–Kier alpha value is -1.56. The number of hydrogen-bond acceptors (Lipinski definition) is 3. The standard InChI is InChI=1S/C20H23BClFO3/c1-13-10-16(22)8-9-18(13)24-12-14-6-7-15(11-17(14)23)21-25-19(2,3)20(4,5)26-21/h6-11H,12H2,1-5H3. The van der Waals surface area contributed by atoms with Gasteiger partial charge in [0.15, 0.2) is 0 Å². The topological polar surface area (TPSA) is 27.7 Å². The lowest BCUT2D eigenvalue weighted by Gasteiger charge is -2.32. The summed E-state index contributed by atoms with van der Waals surface area (Å²) < 4.78 is 32.2. The molecule has 0 bridgehead atoms. The minimum absolute atomic E-state index is 0.137. The van der Waals surface area contributed by atoms with E-state index in [1.807, 2.05) is 46.8 Å². The van der Waals surface area contributed by atoms with E-state index in [9.17, 15) is 4.39 Å². The zero-order valence-electron chi connectivity index (χ0n) is 15.7. The van der Waals surface area contributed by atoms with Gasteiger partial charge in [0.2, 0.25) is 0 Å². The van der Waals surface area contributed by atoms with Crippen LogP contribution in [0, 0.1) is 12.7 Å². The Kier molecular flexibility index (Phi) is 5.08. The molecule has 1 heterocycles. The van der Waals surface area contributed by atoms with Gasteiger partial charge in [-0.05, 0) is 69.9 Å². The zero-order chi connectivity index (χ0) is 19.1. The lowest BCUT2D eigenvalue weighted by atomic mass is 9.79. The molecule has 26 heavy (non-hydrogen) atoms. The molecule has 6 heteroatoms. The van der Waals surface area contributed by atoms with Crippen LogP contribution in [0.1, 0.15) is 38.8 Å². The summed E-state index contributed by atoms with van der Waals surface area (Å²) in [6.07, 6.45) is 0. The molecule has 0 aromatic heterocycles. The van der Waals surface area contributed by atoms with E-state index in [2.05, 4.69) is 0 Å². The molecule has 138 valence electrons. The van der Waals surface area contributed by atoms with Crippen LogP contribution in [-0.2, 0) is 15.9 Å². The van der Waals surface area contributed by atoms with Crippen molar-refractivity contribution in [1.29, 1.82) is 0 Å². The first kappa shape index (κ1) is 19.2. The number of rotatable bonds is 4. The Morgan fingerprint density at radius 1 is 1.04 bits per heavy atom. The van der Waals surface area contributed by atoms with Crippen LogP contribution in [0.25, 0.3) is 0 Å². The molecule has 0 radical (unpaired) electrons. The van der Waals surface area contributed by atoms with Crippen molar-refractivity contribution in [3.8, 4) is 5.75 Å². The maximum atomic E-state index is 14.5. The summed E-state index contributed by atoms with van der Waals surface area (Å²) in [5.41, 5.74) is 1.13. The van der Waals surface area contributed by atoms with Crippen molar-refractivity contribution in [2.45, 2.75) is 52.4 Å². The molecule has 1 aliphatic rings. The Labute approximate surface area is 159 Å². The Morgan fingerprint density at radius 3 is 2.27 bits per heavy atom. The highest BCUT2D eigenvalue weighted by Gasteiger charge is 2.51. The number of aryl methyl sites for hydroxylation is 1. The van der Waals surface area contributed by atoms with Gasteiger partial charge < -0.3 is 14.0 Å². The molecule has 1 saturated heterocycles. The molecule has 1 aliphatic heterocycles. The van der Waals surface area contributed by atoms with Crippen molar-refractivity contribution < 1.29 is 18.4 Å². The van der Waals surface area contributed by atoms with Gasteiger partial charge in [0.25, 0.3) is 0 Å². The van der Waals surface area contributed by atoms with Crippen LogP contribution in [-0.4, -0.2) is 18.3 Å². The summed E-state index contributed by atoms with van der Waals surface area (Å²) in [6.45, 7) is 9.93. The van der Waals surface area contributed by atoms with Crippen molar-refractivity contribution in [3.05, 3.63) is 58.4 Å². The smallest absolute Gasteiger partial charge is 0.489 e. The lowest BCUT2D eigenvalue weighted by Crippen LogP contribution is -2.41. The first-order valence-electron chi connectivity index (χ1n) is 8.62. The highest BCUT2D eigenvalue weighted by Crippen LogP contribution is 2.36. The van der Waals surface area contributed by atoms with Gasteiger partial charge in [-0.3, -0.25) is 0 Å². The molecule has 0 spiro atoms. The molecule has 2 aromatic rings. The van der Waals surface area contributed by atoms with E-state index < -0.39 is 18.3 Å². The highest BCUT2D eigenvalue weighted by molar-refractivity contribution is 6.62. The number of hydrogen-bond donors (Lipinski definition) is 0. The number of benzene rings is 2. The van der Waals surface area contributed by atoms with Crippen LogP contribution in [0.5, 0.6) is 5.75 Å². The first-order chi connectivity index (χ1) is 12.1. The summed E-state index contributed by atoms with van der Waals surface area (Å²) in [4.78, 5) is 0. The second-order valence-electron chi connectivity index (χ2n) is 7.64. The van der Waals surface area contributed by atoms with Gasteiger partial charge in [-0.15, -0.1) is 0 Å².